The van der Waals surface area contributed by atoms with Crippen LogP contribution in [0.25, 0.3) is 0 Å². The molecule has 0 saturated heterocycles. The molecule has 0 bridgehead atoms. The van der Waals surface area contributed by atoms with Gasteiger partial charge in [-0.3, -0.25) is 0 Å². The van der Waals surface area contributed by atoms with E-state index in [4.69, 9.17) is 5.26 Å². The zero-order chi connectivity index (χ0) is 15.7. The summed E-state index contributed by atoms with van der Waals surface area (Å²) < 4.78 is 63.3. The molecule has 2 rings (SSSR count). The van der Waals surface area contributed by atoms with E-state index in [9.17, 15) is 21.6 Å². The summed E-state index contributed by atoms with van der Waals surface area (Å²) in [4.78, 5) is -0.184. The van der Waals surface area contributed by atoms with E-state index in [1.54, 1.807) is 6.07 Å². The number of benzene rings is 1. The number of hydrogen-bond acceptors (Lipinski definition) is 3. The molecule has 0 spiro atoms. The highest BCUT2D eigenvalue weighted by atomic mass is 32.2. The van der Waals surface area contributed by atoms with E-state index in [0.717, 1.165) is 10.4 Å². The van der Waals surface area contributed by atoms with Crippen molar-refractivity contribution in [1.29, 1.82) is 5.26 Å². The minimum Gasteiger partial charge on any atom is -0.207 e. The lowest BCUT2D eigenvalue weighted by atomic mass is 10.1. The van der Waals surface area contributed by atoms with Crippen LogP contribution >= 0.6 is 0 Å². The maximum Gasteiger partial charge on any atom is 0.412 e. The lowest BCUT2D eigenvalue weighted by Crippen LogP contribution is -2.37. The van der Waals surface area contributed by atoms with Crippen molar-refractivity contribution < 1.29 is 21.6 Å². The van der Waals surface area contributed by atoms with Crippen molar-refractivity contribution in [3.63, 3.8) is 0 Å². The number of rotatable bonds is 2. The standard InChI is InChI=1S/C13H11F3N2O2S/c14-13(15,16)11-5-7-18(8-6-11)21(19,20)12-4-2-1-3-10(12)9-17/h1-5H,6-8H2. The third-order valence-corrected chi connectivity index (χ3v) is 5.08. The van der Waals surface area contributed by atoms with E-state index in [1.807, 2.05) is 0 Å². The number of sulfonamides is 1. The van der Waals surface area contributed by atoms with E-state index in [1.165, 1.54) is 24.3 Å². The van der Waals surface area contributed by atoms with Crippen LogP contribution in [0.1, 0.15) is 12.0 Å². The lowest BCUT2D eigenvalue weighted by molar-refractivity contribution is -0.0953. The zero-order valence-electron chi connectivity index (χ0n) is 10.8. The number of alkyl halides is 3. The fourth-order valence-electron chi connectivity index (χ4n) is 2.05. The van der Waals surface area contributed by atoms with Crippen LogP contribution in [-0.4, -0.2) is 32.0 Å². The molecule has 0 aliphatic carbocycles. The lowest BCUT2D eigenvalue weighted by Gasteiger charge is -2.26. The van der Waals surface area contributed by atoms with Crippen LogP contribution in [0.2, 0.25) is 0 Å². The van der Waals surface area contributed by atoms with Crippen LogP contribution in [0.4, 0.5) is 13.2 Å². The van der Waals surface area contributed by atoms with E-state index in [2.05, 4.69) is 0 Å². The summed E-state index contributed by atoms with van der Waals surface area (Å²) in [5.41, 5.74) is -0.745. The molecule has 0 N–H and O–H groups in total. The minimum absolute atomic E-state index is 0.0249. The molecule has 4 nitrogen and oxygen atoms in total. The van der Waals surface area contributed by atoms with Crippen molar-refractivity contribution in [2.45, 2.75) is 17.5 Å². The molecule has 8 heteroatoms. The molecule has 1 aliphatic rings. The second-order valence-electron chi connectivity index (χ2n) is 4.45. The fourth-order valence-corrected chi connectivity index (χ4v) is 3.57. The van der Waals surface area contributed by atoms with Crippen molar-refractivity contribution in [2.75, 3.05) is 13.1 Å². The molecule has 0 amide bonds. The Morgan fingerprint density at radius 1 is 1.24 bits per heavy atom. The van der Waals surface area contributed by atoms with Crippen molar-refractivity contribution in [2.24, 2.45) is 0 Å². The topological polar surface area (TPSA) is 61.2 Å². The molecule has 0 fully saturated rings. The second-order valence-corrected chi connectivity index (χ2v) is 6.35. The van der Waals surface area contributed by atoms with Gasteiger partial charge in [-0.05, 0) is 18.6 Å². The minimum atomic E-state index is -4.43. The maximum atomic E-state index is 12.5. The van der Waals surface area contributed by atoms with E-state index in [0.29, 0.717) is 0 Å². The Hall–Kier alpha value is -1.85. The van der Waals surface area contributed by atoms with Crippen molar-refractivity contribution in [3.05, 3.63) is 41.5 Å². The normalized spacial score (nSPS) is 17.1. The van der Waals surface area contributed by atoms with Gasteiger partial charge in [0, 0.05) is 18.7 Å². The van der Waals surface area contributed by atoms with Crippen LogP contribution in [0, 0.1) is 11.3 Å². The summed E-state index contributed by atoms with van der Waals surface area (Å²) in [6.45, 7) is -0.607. The van der Waals surface area contributed by atoms with Gasteiger partial charge in [0.25, 0.3) is 0 Å². The highest BCUT2D eigenvalue weighted by molar-refractivity contribution is 7.89. The van der Waals surface area contributed by atoms with Crippen LogP contribution in [0.5, 0.6) is 0 Å². The predicted molar refractivity (Wildman–Crippen MR) is 68.7 cm³/mol. The monoisotopic (exact) mass is 316 g/mol. The molecule has 21 heavy (non-hydrogen) atoms. The average molecular weight is 316 g/mol. The molecule has 1 aliphatic heterocycles. The smallest absolute Gasteiger partial charge is 0.207 e. The molecule has 1 aromatic rings. The molecule has 0 aromatic heterocycles. The molecule has 112 valence electrons. The van der Waals surface area contributed by atoms with Crippen molar-refractivity contribution in [1.82, 2.24) is 4.31 Å². The molecular weight excluding hydrogens is 305 g/mol. The van der Waals surface area contributed by atoms with Crippen LogP contribution in [-0.2, 0) is 10.0 Å². The highest BCUT2D eigenvalue weighted by Crippen LogP contribution is 2.32. The fraction of sp³-hybridized carbons (Fsp3) is 0.308. The third kappa shape index (κ3) is 3.09. The van der Waals surface area contributed by atoms with Gasteiger partial charge in [0.2, 0.25) is 10.0 Å². The first-order chi connectivity index (χ1) is 9.76. The van der Waals surface area contributed by atoms with Gasteiger partial charge in [0.1, 0.15) is 6.07 Å². The number of nitrogens with zero attached hydrogens (tertiary/aromatic N) is 2. The Kier molecular flexibility index (Phi) is 4.07. The Labute approximate surface area is 120 Å². The summed E-state index contributed by atoms with van der Waals surface area (Å²) in [6, 6.07) is 7.39. The Bertz CT molecular complexity index is 718. The van der Waals surface area contributed by atoms with Gasteiger partial charge in [0.05, 0.1) is 10.5 Å². The number of nitriles is 1. The molecule has 0 atom stereocenters. The summed E-state index contributed by atoms with van der Waals surface area (Å²) in [5, 5.41) is 8.94. The summed E-state index contributed by atoms with van der Waals surface area (Å²) >= 11 is 0. The first-order valence-corrected chi connectivity index (χ1v) is 7.46. The SMILES string of the molecule is N#Cc1ccccc1S(=O)(=O)N1CC=C(C(F)(F)F)CC1. The van der Waals surface area contributed by atoms with E-state index in [-0.39, 0.29) is 23.5 Å². The van der Waals surface area contributed by atoms with Gasteiger partial charge in [-0.2, -0.15) is 22.7 Å². The molecule has 1 heterocycles. The predicted octanol–water partition coefficient (Wildman–Crippen LogP) is 2.44. The maximum absolute atomic E-state index is 12.5. The number of hydrogen-bond donors (Lipinski definition) is 0. The summed E-state index contributed by atoms with van der Waals surface area (Å²) in [5.74, 6) is 0. The molecular formula is C13H11F3N2O2S. The van der Waals surface area contributed by atoms with Crippen LogP contribution in [0.3, 0.4) is 0 Å². The highest BCUT2D eigenvalue weighted by Gasteiger charge is 2.37. The molecule has 0 unspecified atom stereocenters. The average Bonchev–Trinajstić information content (AvgIpc) is 2.46. The second kappa shape index (κ2) is 5.50. The van der Waals surface area contributed by atoms with Crippen LogP contribution < -0.4 is 0 Å². The third-order valence-electron chi connectivity index (χ3n) is 3.16. The quantitative estimate of drug-likeness (QED) is 0.787. The zero-order valence-corrected chi connectivity index (χ0v) is 11.6. The summed E-state index contributed by atoms with van der Waals surface area (Å²) in [6.07, 6.45) is -3.95. The van der Waals surface area contributed by atoms with Crippen molar-refractivity contribution in [3.8, 4) is 6.07 Å². The van der Waals surface area contributed by atoms with E-state index >= 15 is 0 Å². The molecule has 0 saturated carbocycles. The Morgan fingerprint density at radius 3 is 2.43 bits per heavy atom. The summed E-state index contributed by atoms with van der Waals surface area (Å²) in [7, 11) is -3.97. The Balaban J connectivity index is 2.32. The molecule has 1 aromatic carbocycles. The van der Waals surface area contributed by atoms with Crippen molar-refractivity contribution >= 4 is 10.0 Å². The molecule has 0 radical (unpaired) electrons. The number of halogens is 3. The van der Waals surface area contributed by atoms with Gasteiger partial charge in [0.15, 0.2) is 0 Å². The van der Waals surface area contributed by atoms with E-state index < -0.39 is 28.2 Å². The van der Waals surface area contributed by atoms with Gasteiger partial charge in [-0.15, -0.1) is 0 Å². The Morgan fingerprint density at radius 2 is 1.90 bits per heavy atom. The van der Waals surface area contributed by atoms with Crippen LogP contribution in [0.15, 0.2) is 40.8 Å². The largest absolute Gasteiger partial charge is 0.412 e. The first kappa shape index (κ1) is 15.5. The first-order valence-electron chi connectivity index (χ1n) is 6.02. The van der Waals surface area contributed by atoms with Gasteiger partial charge >= 0.3 is 6.18 Å². The van der Waals surface area contributed by atoms with Gasteiger partial charge in [-0.1, -0.05) is 18.2 Å². The van der Waals surface area contributed by atoms with Gasteiger partial charge < -0.3 is 0 Å². The van der Waals surface area contributed by atoms with Gasteiger partial charge in [-0.25, -0.2) is 8.42 Å².